The van der Waals surface area contributed by atoms with Gasteiger partial charge in [-0.25, -0.2) is 30.0 Å². The maximum absolute atomic E-state index is 11.0. The molecule has 10 heteroatoms. The second-order valence-electron chi connectivity index (χ2n) is 7.93. The van der Waals surface area contributed by atoms with E-state index in [-0.39, 0.29) is 0 Å². The fraction of sp³-hybridized carbons (Fsp3) is 0.143. The molecule has 0 unspecified atom stereocenters. The Morgan fingerprint density at radius 3 is 1.61 bits per heavy atom. The average Bonchev–Trinajstić information content (AvgIpc) is 2.98. The first-order chi connectivity index (χ1) is 18.8. The zero-order chi connectivity index (χ0) is 26.4. The molecule has 0 bridgehead atoms. The van der Waals surface area contributed by atoms with Crippen LogP contribution in [0.3, 0.4) is 0 Å². The van der Waals surface area contributed by atoms with E-state index in [1.807, 2.05) is 66.7 Å². The van der Waals surface area contributed by atoms with E-state index < -0.39 is 0 Å². The molecule has 4 aromatic rings. The normalized spacial score (nSPS) is 11.1. The number of anilines is 2. The lowest BCUT2D eigenvalue weighted by molar-refractivity contribution is -0.108. The Morgan fingerprint density at radius 2 is 1.16 bits per heavy atom. The molecule has 10 nitrogen and oxygen atoms in total. The van der Waals surface area contributed by atoms with Crippen molar-refractivity contribution in [3.05, 3.63) is 96.6 Å². The summed E-state index contributed by atoms with van der Waals surface area (Å²) in [6.07, 6.45) is 8.84. The molecular weight excluding hydrogens is 480 g/mol. The van der Waals surface area contributed by atoms with E-state index >= 15 is 0 Å². The zero-order valence-corrected chi connectivity index (χ0v) is 20.6. The molecule has 0 aliphatic heterocycles. The number of rotatable bonds is 13. The Morgan fingerprint density at radius 1 is 0.658 bits per heavy atom. The van der Waals surface area contributed by atoms with E-state index in [1.54, 1.807) is 40.9 Å². The number of benzene rings is 1. The van der Waals surface area contributed by atoms with Crippen molar-refractivity contribution in [2.75, 3.05) is 23.1 Å². The molecule has 0 saturated carbocycles. The minimum atomic E-state index is 0.301. The van der Waals surface area contributed by atoms with Crippen LogP contribution in [0, 0.1) is 0 Å². The molecule has 0 spiro atoms. The molecule has 0 aliphatic carbocycles. The quantitative estimate of drug-likeness (QED) is 0.153. The molecule has 0 radical (unpaired) electrons. The largest absolute Gasteiger partial charge is 0.303 e. The molecule has 0 atom stereocenters. The van der Waals surface area contributed by atoms with Crippen LogP contribution in [0.1, 0.15) is 24.2 Å². The number of aromatic nitrogens is 4. The van der Waals surface area contributed by atoms with Gasteiger partial charge in [-0.1, -0.05) is 42.5 Å². The molecule has 0 aliphatic rings. The summed E-state index contributed by atoms with van der Waals surface area (Å²) >= 11 is 0. The molecular formula is C28H26N8O2. The van der Waals surface area contributed by atoms with Gasteiger partial charge in [-0.3, -0.25) is 0 Å². The highest BCUT2D eigenvalue weighted by Crippen LogP contribution is 2.16. The summed E-state index contributed by atoms with van der Waals surface area (Å²) in [4.78, 5) is 40.0. The number of pyridine rings is 2. The van der Waals surface area contributed by atoms with Gasteiger partial charge in [-0.05, 0) is 30.3 Å². The summed E-state index contributed by atoms with van der Waals surface area (Å²) in [5.74, 6) is 1.74. The lowest BCUT2D eigenvalue weighted by Gasteiger charge is -2.16. The fourth-order valence-electron chi connectivity index (χ4n) is 3.42. The van der Waals surface area contributed by atoms with Gasteiger partial charge in [-0.2, -0.15) is 10.2 Å². The van der Waals surface area contributed by atoms with Gasteiger partial charge < -0.3 is 9.59 Å². The predicted molar refractivity (Wildman–Crippen MR) is 147 cm³/mol. The van der Waals surface area contributed by atoms with Crippen LogP contribution in [0.5, 0.6) is 0 Å². The van der Waals surface area contributed by atoms with Gasteiger partial charge in [0, 0.05) is 43.9 Å². The molecule has 1 aromatic carbocycles. The highest BCUT2D eigenvalue weighted by molar-refractivity contribution is 5.85. The number of hydrazone groups is 2. The lowest BCUT2D eigenvalue weighted by atomic mass is 10.2. The third-order valence-corrected chi connectivity index (χ3v) is 5.20. The molecule has 38 heavy (non-hydrogen) atoms. The van der Waals surface area contributed by atoms with E-state index in [2.05, 4.69) is 30.1 Å². The first kappa shape index (κ1) is 26.0. The maximum Gasteiger partial charge on any atom is 0.160 e. The molecule has 4 rings (SSSR count). The van der Waals surface area contributed by atoms with Gasteiger partial charge in [0.15, 0.2) is 5.82 Å². The smallest absolute Gasteiger partial charge is 0.160 e. The summed E-state index contributed by atoms with van der Waals surface area (Å²) in [5, 5.41) is 12.4. The number of carbonyl (C=O) groups is 2. The summed E-state index contributed by atoms with van der Waals surface area (Å²) in [7, 11) is 0. The molecule has 0 amide bonds. The fourth-order valence-corrected chi connectivity index (χ4v) is 3.42. The van der Waals surface area contributed by atoms with Crippen LogP contribution in [-0.2, 0) is 9.59 Å². The number of aldehydes is 2. The minimum Gasteiger partial charge on any atom is -0.303 e. The Kier molecular flexibility index (Phi) is 9.45. The van der Waals surface area contributed by atoms with E-state index in [4.69, 9.17) is 0 Å². The van der Waals surface area contributed by atoms with Crippen LogP contribution < -0.4 is 10.0 Å². The molecule has 0 saturated heterocycles. The van der Waals surface area contributed by atoms with Crippen LogP contribution in [0.4, 0.5) is 11.6 Å². The van der Waals surface area contributed by atoms with Gasteiger partial charge in [0.25, 0.3) is 0 Å². The molecule has 190 valence electrons. The van der Waals surface area contributed by atoms with Gasteiger partial charge in [0.1, 0.15) is 24.2 Å². The van der Waals surface area contributed by atoms with E-state index in [0.29, 0.717) is 54.8 Å². The standard InChI is InChI=1S/C28H26N8O2/c37-18-8-16-35(26-12-4-6-14-29-26)31-21-24-20-25(34-28(33-24)23-10-2-1-3-11-23)22-32-36(17-9-19-38)27-13-5-7-15-30-27/h1-7,10-15,18-22H,8-9,16-17H2/b31-21+,32-22+. The van der Waals surface area contributed by atoms with Crippen LogP contribution >= 0.6 is 0 Å². The van der Waals surface area contributed by atoms with Crippen molar-refractivity contribution in [1.82, 2.24) is 19.9 Å². The van der Waals surface area contributed by atoms with Crippen LogP contribution in [-0.4, -0.2) is 58.0 Å². The van der Waals surface area contributed by atoms with Crippen molar-refractivity contribution in [3.63, 3.8) is 0 Å². The Balaban J connectivity index is 1.68. The maximum atomic E-state index is 11.0. The van der Waals surface area contributed by atoms with E-state index in [9.17, 15) is 9.59 Å². The molecule has 3 aromatic heterocycles. The third-order valence-electron chi connectivity index (χ3n) is 5.20. The average molecular weight is 507 g/mol. The number of hydrogen-bond acceptors (Lipinski definition) is 10. The Hall–Kier alpha value is -5.12. The summed E-state index contributed by atoms with van der Waals surface area (Å²) in [6.45, 7) is 0.745. The van der Waals surface area contributed by atoms with Crippen molar-refractivity contribution in [2.24, 2.45) is 10.2 Å². The second-order valence-corrected chi connectivity index (χ2v) is 7.93. The SMILES string of the molecule is O=CCCN(/N=C/c1cc(/C=N/N(CCC=O)c2ccccn2)nc(-c2ccccc2)n1)c1ccccn1. The molecule has 0 fully saturated rings. The Bertz CT molecular complexity index is 1280. The van der Waals surface area contributed by atoms with Crippen molar-refractivity contribution < 1.29 is 9.59 Å². The summed E-state index contributed by atoms with van der Waals surface area (Å²) in [6, 6.07) is 22.3. The predicted octanol–water partition coefficient (Wildman–Crippen LogP) is 3.79. The van der Waals surface area contributed by atoms with E-state index in [1.165, 1.54) is 0 Å². The number of nitrogens with zero attached hydrogens (tertiary/aromatic N) is 8. The molecule has 0 N–H and O–H groups in total. The van der Waals surface area contributed by atoms with Crippen LogP contribution in [0.25, 0.3) is 11.4 Å². The first-order valence-corrected chi connectivity index (χ1v) is 12.0. The van der Waals surface area contributed by atoms with Crippen molar-refractivity contribution >= 4 is 36.6 Å². The minimum absolute atomic E-state index is 0.301. The number of hydrogen-bond donors (Lipinski definition) is 0. The van der Waals surface area contributed by atoms with Gasteiger partial charge in [0.2, 0.25) is 0 Å². The van der Waals surface area contributed by atoms with Gasteiger partial charge >= 0.3 is 0 Å². The third kappa shape index (κ3) is 7.44. The zero-order valence-electron chi connectivity index (χ0n) is 20.6. The van der Waals surface area contributed by atoms with Crippen molar-refractivity contribution in [3.8, 4) is 11.4 Å². The van der Waals surface area contributed by atoms with Gasteiger partial charge in [0.05, 0.1) is 23.8 Å². The molecule has 3 heterocycles. The second kappa shape index (κ2) is 13.8. The summed E-state index contributed by atoms with van der Waals surface area (Å²) < 4.78 is 0. The highest BCUT2D eigenvalue weighted by Gasteiger charge is 2.09. The summed E-state index contributed by atoms with van der Waals surface area (Å²) in [5.41, 5.74) is 1.93. The lowest BCUT2D eigenvalue weighted by Crippen LogP contribution is -2.20. The first-order valence-electron chi connectivity index (χ1n) is 12.0. The monoisotopic (exact) mass is 506 g/mol. The van der Waals surface area contributed by atoms with Crippen molar-refractivity contribution in [1.29, 1.82) is 0 Å². The topological polar surface area (TPSA) is 117 Å². The van der Waals surface area contributed by atoms with Gasteiger partial charge in [-0.15, -0.1) is 0 Å². The van der Waals surface area contributed by atoms with Crippen LogP contribution in [0.2, 0.25) is 0 Å². The highest BCUT2D eigenvalue weighted by atomic mass is 16.1. The Labute approximate surface area is 220 Å². The van der Waals surface area contributed by atoms with Crippen molar-refractivity contribution in [2.45, 2.75) is 12.8 Å². The van der Waals surface area contributed by atoms with E-state index in [0.717, 1.165) is 18.1 Å². The van der Waals surface area contributed by atoms with Crippen LogP contribution in [0.15, 0.2) is 95.4 Å². The number of carbonyl (C=O) groups excluding carboxylic acids is 2.